The monoisotopic (exact) mass is 407 g/mol. The summed E-state index contributed by atoms with van der Waals surface area (Å²) in [5, 5.41) is 11.2. The molecular weight excluding hydrogens is 381 g/mol. The summed E-state index contributed by atoms with van der Waals surface area (Å²) < 4.78 is 15.0. The van der Waals surface area contributed by atoms with Crippen LogP contribution >= 0.6 is 0 Å². The van der Waals surface area contributed by atoms with E-state index in [2.05, 4.69) is 18.8 Å². The van der Waals surface area contributed by atoms with Crippen LogP contribution in [-0.2, 0) is 0 Å². The molecule has 30 heavy (non-hydrogen) atoms. The molecule has 3 aromatic heterocycles. The Hall–Kier alpha value is -3.54. The van der Waals surface area contributed by atoms with E-state index >= 15 is 0 Å². The molecule has 0 saturated carbocycles. The molecule has 0 radical (unpaired) electrons. The topological polar surface area (TPSA) is 60.4 Å². The second-order valence-electron chi connectivity index (χ2n) is 6.32. The van der Waals surface area contributed by atoms with Gasteiger partial charge in [0.25, 0.3) is 0 Å². The van der Waals surface area contributed by atoms with Crippen LogP contribution < -0.4 is 0 Å². The van der Waals surface area contributed by atoms with Gasteiger partial charge in [0.15, 0.2) is 0 Å². The lowest BCUT2D eigenvalue weighted by Gasteiger charge is -2.03. The van der Waals surface area contributed by atoms with Crippen molar-refractivity contribution in [3.63, 3.8) is 0 Å². The molecule has 4 rings (SSSR count). The van der Waals surface area contributed by atoms with Crippen molar-refractivity contribution in [1.29, 1.82) is 0 Å². The normalized spacial score (nSPS) is 9.90. The third-order valence-electron chi connectivity index (χ3n) is 4.04. The molecule has 156 valence electrons. The third-order valence-corrected chi connectivity index (χ3v) is 4.04. The van der Waals surface area contributed by atoms with E-state index in [0.29, 0.717) is 5.56 Å². The molecule has 0 amide bonds. The Balaban J connectivity index is 0.000000590. The van der Waals surface area contributed by atoms with Gasteiger partial charge in [-0.15, -0.1) is 0 Å². The van der Waals surface area contributed by atoms with E-state index in [1.165, 1.54) is 24.8 Å². The maximum absolute atomic E-state index is 13.1. The molecule has 5 nitrogen and oxygen atoms in total. The van der Waals surface area contributed by atoms with Gasteiger partial charge in [-0.1, -0.05) is 52.3 Å². The summed E-state index contributed by atoms with van der Waals surface area (Å²) >= 11 is 0. The summed E-state index contributed by atoms with van der Waals surface area (Å²) in [6.45, 7) is 8.25. The first kappa shape index (κ1) is 22.7. The highest BCUT2D eigenvalue weighted by Crippen LogP contribution is 2.30. The van der Waals surface area contributed by atoms with Crippen LogP contribution in [0.4, 0.5) is 10.2 Å². The molecule has 0 bridgehead atoms. The van der Waals surface area contributed by atoms with Crippen molar-refractivity contribution in [3.05, 3.63) is 89.1 Å². The summed E-state index contributed by atoms with van der Waals surface area (Å²) in [6, 6.07) is 15.3. The van der Waals surface area contributed by atoms with Crippen molar-refractivity contribution in [3.8, 4) is 22.3 Å². The molecule has 6 heteroatoms. The number of nitrogens with zero attached hydrogens (tertiary/aromatic N) is 3. The summed E-state index contributed by atoms with van der Waals surface area (Å²) in [6.07, 6.45) is 6.39. The molecule has 4 aromatic rings. The first-order valence-electron chi connectivity index (χ1n) is 10.0. The molecule has 0 spiro atoms. The maximum Gasteiger partial charge on any atom is 0.371 e. The minimum atomic E-state index is -0.485. The van der Waals surface area contributed by atoms with Gasteiger partial charge in [0.1, 0.15) is 12.0 Å². The van der Waals surface area contributed by atoms with E-state index in [0.717, 1.165) is 22.2 Å². The second kappa shape index (κ2) is 10.9. The highest BCUT2D eigenvalue weighted by atomic mass is 19.1. The van der Waals surface area contributed by atoms with E-state index in [1.54, 1.807) is 24.3 Å². The van der Waals surface area contributed by atoms with E-state index in [4.69, 9.17) is 0 Å². The van der Waals surface area contributed by atoms with Crippen LogP contribution in [0.3, 0.4) is 0 Å². The zero-order valence-corrected chi connectivity index (χ0v) is 17.7. The van der Waals surface area contributed by atoms with Gasteiger partial charge in [0.05, 0.1) is 5.56 Å². The van der Waals surface area contributed by atoms with Crippen LogP contribution in [0.1, 0.15) is 34.1 Å². The Morgan fingerprint density at radius 3 is 2.20 bits per heavy atom. The molecule has 0 aliphatic rings. The van der Waals surface area contributed by atoms with Crippen molar-refractivity contribution in [2.45, 2.75) is 34.1 Å². The third kappa shape index (κ3) is 5.29. The fourth-order valence-electron chi connectivity index (χ4n) is 2.84. The van der Waals surface area contributed by atoms with Crippen LogP contribution in [0.25, 0.3) is 27.8 Å². The molecule has 1 aromatic carbocycles. The minimum absolute atomic E-state index is 0.169. The first-order valence-corrected chi connectivity index (χ1v) is 10.0. The average Bonchev–Trinajstić information content (AvgIpc) is 3.19. The van der Waals surface area contributed by atoms with Crippen molar-refractivity contribution in [2.24, 2.45) is 0 Å². The Bertz CT molecular complexity index is 1110. The lowest BCUT2D eigenvalue weighted by molar-refractivity contribution is -0.388. The van der Waals surface area contributed by atoms with Gasteiger partial charge in [0, 0.05) is 23.5 Å². The van der Waals surface area contributed by atoms with Gasteiger partial charge >= 0.3 is 5.82 Å². The molecular formula is C24H26FN3O2. The molecule has 0 unspecified atom stereocenters. The summed E-state index contributed by atoms with van der Waals surface area (Å²) in [5.74, 6) is -0.450. The number of hydrogen-bond acceptors (Lipinski definition) is 3. The molecule has 0 N–H and O–H groups in total. The van der Waals surface area contributed by atoms with E-state index in [9.17, 15) is 14.5 Å². The predicted octanol–water partition coefficient (Wildman–Crippen LogP) is 7.16. The Kier molecular flexibility index (Phi) is 8.23. The highest BCUT2D eigenvalue weighted by molar-refractivity contribution is 5.76. The first-order chi connectivity index (χ1) is 14.5. The number of halogens is 1. The fraction of sp³-hybridized carbons (Fsp3) is 0.208. The van der Waals surface area contributed by atoms with Crippen molar-refractivity contribution >= 4 is 11.3 Å². The second-order valence-corrected chi connectivity index (χ2v) is 6.32. The van der Waals surface area contributed by atoms with Gasteiger partial charge in [-0.05, 0) is 57.4 Å². The Morgan fingerprint density at radius 1 is 0.967 bits per heavy atom. The number of fused-ring (bicyclic) bond motifs is 1. The predicted molar refractivity (Wildman–Crippen MR) is 120 cm³/mol. The van der Waals surface area contributed by atoms with Crippen molar-refractivity contribution in [1.82, 2.24) is 9.38 Å². The zero-order valence-electron chi connectivity index (χ0n) is 17.7. The standard InChI is InChI=1S/C19H12FN3O2.C3H8.C2H6/c20-16-6-3-13(4-7-16)14-5-8-17-10-15(12-22(17)11-14)18-2-1-9-21-19(18)23(24)25;1-3-2;1-2/h1-12H;3H2,1-2H3;1-2H3. The molecule has 0 aliphatic carbocycles. The summed E-state index contributed by atoms with van der Waals surface area (Å²) in [5.41, 5.74) is 3.91. The van der Waals surface area contributed by atoms with Gasteiger partial charge in [-0.2, -0.15) is 0 Å². The van der Waals surface area contributed by atoms with Crippen LogP contribution in [0.2, 0.25) is 0 Å². The molecule has 0 aliphatic heterocycles. The lowest BCUT2D eigenvalue weighted by Crippen LogP contribution is -1.94. The molecule has 0 saturated heterocycles. The van der Waals surface area contributed by atoms with Crippen LogP contribution in [0, 0.1) is 15.9 Å². The van der Waals surface area contributed by atoms with Crippen LogP contribution in [-0.4, -0.2) is 14.3 Å². The number of hydrogen-bond donors (Lipinski definition) is 0. The number of rotatable bonds is 3. The van der Waals surface area contributed by atoms with Crippen LogP contribution in [0.5, 0.6) is 0 Å². The molecule has 3 heterocycles. The van der Waals surface area contributed by atoms with E-state index in [1.807, 2.05) is 48.8 Å². The number of nitro groups is 1. The van der Waals surface area contributed by atoms with E-state index in [-0.39, 0.29) is 11.6 Å². The average molecular weight is 407 g/mol. The molecule has 0 fully saturated rings. The van der Waals surface area contributed by atoms with Crippen molar-refractivity contribution in [2.75, 3.05) is 0 Å². The Morgan fingerprint density at radius 2 is 1.57 bits per heavy atom. The summed E-state index contributed by atoms with van der Waals surface area (Å²) in [7, 11) is 0. The van der Waals surface area contributed by atoms with Crippen molar-refractivity contribution < 1.29 is 9.31 Å². The lowest BCUT2D eigenvalue weighted by atomic mass is 10.1. The largest absolute Gasteiger partial charge is 0.371 e. The number of aromatic nitrogens is 2. The van der Waals surface area contributed by atoms with Gasteiger partial charge in [-0.3, -0.25) is 0 Å². The zero-order chi connectivity index (χ0) is 22.1. The van der Waals surface area contributed by atoms with E-state index < -0.39 is 4.92 Å². The van der Waals surface area contributed by atoms with Gasteiger partial charge in [-0.25, -0.2) is 4.39 Å². The highest BCUT2D eigenvalue weighted by Gasteiger charge is 2.17. The van der Waals surface area contributed by atoms with Gasteiger partial charge in [0.2, 0.25) is 0 Å². The smallest absolute Gasteiger partial charge is 0.358 e. The Labute approximate surface area is 176 Å². The molecule has 0 atom stereocenters. The minimum Gasteiger partial charge on any atom is -0.358 e. The summed E-state index contributed by atoms with van der Waals surface area (Å²) in [4.78, 5) is 14.6. The number of benzene rings is 1. The maximum atomic E-state index is 13.1. The quantitative estimate of drug-likeness (QED) is 0.267. The van der Waals surface area contributed by atoms with Crippen LogP contribution in [0.15, 0.2) is 73.2 Å². The fourth-order valence-corrected chi connectivity index (χ4v) is 2.84. The SMILES string of the molecule is CC.CCC.O=[N+]([O-])c1ncccc1-c1cc2ccc(-c3ccc(F)cc3)cn2c1. The number of pyridine rings is 2. The van der Waals surface area contributed by atoms with Gasteiger partial charge < -0.3 is 14.5 Å².